The minimum Gasteiger partial charge on any atom is -0.493 e. The van der Waals surface area contributed by atoms with Crippen molar-refractivity contribution in [3.05, 3.63) is 83.7 Å². The van der Waals surface area contributed by atoms with Crippen molar-refractivity contribution < 1.29 is 24.2 Å². The van der Waals surface area contributed by atoms with Gasteiger partial charge in [-0.05, 0) is 78.6 Å². The molecule has 0 saturated carbocycles. The van der Waals surface area contributed by atoms with Gasteiger partial charge in [0, 0.05) is 44.0 Å². The molecule has 1 aliphatic carbocycles. The van der Waals surface area contributed by atoms with E-state index in [9.17, 15) is 14.7 Å². The lowest BCUT2D eigenvalue weighted by Crippen LogP contribution is -2.52. The highest BCUT2D eigenvalue weighted by Gasteiger charge is 2.43. The normalized spacial score (nSPS) is 28.3. The zero-order valence-corrected chi connectivity index (χ0v) is 24.2. The van der Waals surface area contributed by atoms with Crippen LogP contribution in [0.3, 0.4) is 0 Å². The molecule has 3 aliphatic heterocycles. The maximum absolute atomic E-state index is 13.8. The fourth-order valence-electron chi connectivity index (χ4n) is 7.18. The first-order valence-electron chi connectivity index (χ1n) is 15.4. The second-order valence-electron chi connectivity index (χ2n) is 12.2. The van der Waals surface area contributed by atoms with E-state index in [1.807, 2.05) is 30.3 Å². The van der Waals surface area contributed by atoms with Crippen molar-refractivity contribution in [2.75, 3.05) is 19.7 Å². The number of aliphatic hydroxyl groups excluding tert-OH is 1. The molecule has 9 heteroatoms. The number of carbonyl (C=O) groups excluding carboxylic acids is 2. The first-order valence-corrected chi connectivity index (χ1v) is 15.4. The van der Waals surface area contributed by atoms with Crippen LogP contribution in [0.5, 0.6) is 5.75 Å². The van der Waals surface area contributed by atoms with E-state index in [0.29, 0.717) is 50.1 Å². The Morgan fingerprint density at radius 1 is 0.930 bits per heavy atom. The fraction of sp³-hybridized carbons (Fsp3) is 0.441. The number of aliphatic hydroxyl groups is 1. The van der Waals surface area contributed by atoms with Crippen LogP contribution < -0.4 is 15.4 Å². The molecule has 2 aromatic carbocycles. The molecule has 4 heterocycles. The summed E-state index contributed by atoms with van der Waals surface area (Å²) >= 11 is 0. The van der Waals surface area contributed by atoms with Gasteiger partial charge in [0.2, 0.25) is 5.91 Å². The molecule has 0 spiro atoms. The van der Waals surface area contributed by atoms with Crippen molar-refractivity contribution >= 4 is 11.8 Å². The Morgan fingerprint density at radius 3 is 2.51 bits per heavy atom. The summed E-state index contributed by atoms with van der Waals surface area (Å²) in [5, 5.41) is 17.0. The van der Waals surface area contributed by atoms with Crippen LogP contribution in [0.1, 0.15) is 47.2 Å². The molecule has 5 atom stereocenters. The Morgan fingerprint density at radius 2 is 1.72 bits per heavy atom. The summed E-state index contributed by atoms with van der Waals surface area (Å²) in [6.07, 6.45) is 6.46. The maximum Gasteiger partial charge on any atom is 0.255 e. The van der Waals surface area contributed by atoms with Gasteiger partial charge in [0.25, 0.3) is 5.91 Å². The van der Waals surface area contributed by atoms with Gasteiger partial charge in [-0.15, -0.1) is 0 Å². The number of fused-ring (bicyclic) bond motifs is 6. The van der Waals surface area contributed by atoms with Crippen LogP contribution in [0.2, 0.25) is 0 Å². The zero-order valence-electron chi connectivity index (χ0n) is 24.2. The Bertz CT molecular complexity index is 1460. The number of ether oxygens (including phenoxy) is 2. The van der Waals surface area contributed by atoms with Gasteiger partial charge in [0.05, 0.1) is 30.4 Å². The van der Waals surface area contributed by atoms with Crippen LogP contribution in [0.4, 0.5) is 0 Å². The quantitative estimate of drug-likeness (QED) is 0.426. The van der Waals surface area contributed by atoms with Gasteiger partial charge in [-0.1, -0.05) is 30.3 Å². The summed E-state index contributed by atoms with van der Waals surface area (Å²) < 4.78 is 12.5. The molecule has 9 nitrogen and oxygen atoms in total. The third-order valence-corrected chi connectivity index (χ3v) is 9.47. The Labute approximate surface area is 251 Å². The van der Waals surface area contributed by atoms with E-state index in [0.717, 1.165) is 24.0 Å². The summed E-state index contributed by atoms with van der Waals surface area (Å²) in [6, 6.07) is 17.6. The molecule has 4 aliphatic rings. The lowest BCUT2D eigenvalue weighted by molar-refractivity contribution is -0.134. The van der Waals surface area contributed by atoms with E-state index in [-0.39, 0.29) is 42.6 Å². The van der Waals surface area contributed by atoms with Gasteiger partial charge in [-0.2, -0.15) is 0 Å². The molecule has 4 bridgehead atoms. The molecule has 2 fully saturated rings. The van der Waals surface area contributed by atoms with Gasteiger partial charge in [0.1, 0.15) is 11.9 Å². The van der Waals surface area contributed by atoms with E-state index in [2.05, 4.69) is 44.8 Å². The molecule has 7 rings (SSSR count). The van der Waals surface area contributed by atoms with E-state index < -0.39 is 12.2 Å². The monoisotopic (exact) mass is 582 g/mol. The van der Waals surface area contributed by atoms with Gasteiger partial charge in [-0.25, -0.2) is 0 Å². The second-order valence-corrected chi connectivity index (χ2v) is 12.2. The first-order chi connectivity index (χ1) is 21.0. The average molecular weight is 583 g/mol. The first kappa shape index (κ1) is 28.0. The minimum absolute atomic E-state index is 0.0801. The lowest BCUT2D eigenvalue weighted by atomic mass is 9.99. The van der Waals surface area contributed by atoms with E-state index in [1.54, 1.807) is 12.4 Å². The lowest BCUT2D eigenvalue weighted by Gasteiger charge is -2.35. The molecule has 43 heavy (non-hydrogen) atoms. The molecule has 3 N–H and O–H groups in total. The predicted molar refractivity (Wildman–Crippen MR) is 161 cm³/mol. The largest absolute Gasteiger partial charge is 0.493 e. The number of nitrogens with one attached hydrogen (secondary N) is 2. The van der Waals surface area contributed by atoms with E-state index >= 15 is 0 Å². The van der Waals surface area contributed by atoms with Crippen molar-refractivity contribution in [1.82, 2.24) is 20.5 Å². The van der Waals surface area contributed by atoms with Gasteiger partial charge in [-0.3, -0.25) is 19.5 Å². The van der Waals surface area contributed by atoms with Crippen LogP contribution in [0.15, 0.2) is 67.0 Å². The number of likely N-dealkylation sites (tertiary alicyclic amines) is 1. The summed E-state index contributed by atoms with van der Waals surface area (Å²) in [5.74, 6) is 0.228. The summed E-state index contributed by atoms with van der Waals surface area (Å²) in [7, 11) is 0. The maximum atomic E-state index is 13.8. The smallest absolute Gasteiger partial charge is 0.255 e. The number of pyridine rings is 1. The Balaban J connectivity index is 1.18. The van der Waals surface area contributed by atoms with Gasteiger partial charge in [0.15, 0.2) is 0 Å². The van der Waals surface area contributed by atoms with Crippen LogP contribution in [0.25, 0.3) is 11.1 Å². The molecular formula is C34H38N4O5. The number of aromatic nitrogens is 1. The highest BCUT2D eigenvalue weighted by atomic mass is 16.5. The summed E-state index contributed by atoms with van der Waals surface area (Å²) in [5.41, 5.74) is 5.02. The number of nitrogens with zero attached hydrogens (tertiary/aromatic N) is 2. The van der Waals surface area contributed by atoms with Gasteiger partial charge < -0.3 is 25.2 Å². The average Bonchev–Trinajstić information content (AvgIpc) is 3.65. The van der Waals surface area contributed by atoms with Crippen molar-refractivity contribution in [2.24, 2.45) is 0 Å². The molecule has 2 amide bonds. The minimum atomic E-state index is -0.629. The summed E-state index contributed by atoms with van der Waals surface area (Å²) in [6.45, 7) is 1.20. The number of benzene rings is 2. The highest BCUT2D eigenvalue weighted by Crippen LogP contribution is 2.33. The standard InChI is InChI=1S/C34H38N4O5/c39-30-8-6-27-11-14-42-31-17-24(21-9-12-35-13-10-21)5-7-28(31)33(40)37-25-18-29(34(41)36-19-32(30)43-27)38(20-25)26-15-22-3-1-2-4-23(22)16-26/h1-5,7,9-10,12-13,17,25-27,29-30,32,39H,6,8,11,14-16,18-20H2,(H,36,41)(H,37,40)/t25-,27-,29-,30-,32+/m0/s1. The van der Waals surface area contributed by atoms with Crippen molar-refractivity contribution in [3.8, 4) is 16.9 Å². The molecule has 3 aromatic rings. The summed E-state index contributed by atoms with van der Waals surface area (Å²) in [4.78, 5) is 33.8. The van der Waals surface area contributed by atoms with Crippen LogP contribution >= 0.6 is 0 Å². The fourth-order valence-corrected chi connectivity index (χ4v) is 7.18. The number of hydrogen-bond donors (Lipinski definition) is 3. The highest BCUT2D eigenvalue weighted by molar-refractivity contribution is 5.98. The third-order valence-electron chi connectivity index (χ3n) is 9.47. The molecule has 0 unspecified atom stereocenters. The SMILES string of the molecule is O=C1N[C@H]2C[C@@H](C(=O)NC[C@H]3O[C@H](CCOc4cc(-c5ccncc5)ccc41)CC[C@@H]3O)N(C1Cc3ccccc3C1)C2. The topological polar surface area (TPSA) is 113 Å². The predicted octanol–water partition coefficient (Wildman–Crippen LogP) is 2.90. The van der Waals surface area contributed by atoms with Crippen molar-refractivity contribution in [1.29, 1.82) is 0 Å². The van der Waals surface area contributed by atoms with E-state index in [4.69, 9.17) is 9.47 Å². The van der Waals surface area contributed by atoms with Crippen molar-refractivity contribution in [2.45, 2.75) is 75.0 Å². The zero-order chi connectivity index (χ0) is 29.3. The Kier molecular flexibility index (Phi) is 7.86. The molecular weight excluding hydrogens is 544 g/mol. The molecule has 0 radical (unpaired) electrons. The van der Waals surface area contributed by atoms with Crippen LogP contribution in [-0.2, 0) is 22.4 Å². The third kappa shape index (κ3) is 5.89. The number of hydrogen-bond acceptors (Lipinski definition) is 7. The molecule has 2 saturated heterocycles. The molecule has 1 aromatic heterocycles. The van der Waals surface area contributed by atoms with Gasteiger partial charge >= 0.3 is 0 Å². The van der Waals surface area contributed by atoms with Crippen LogP contribution in [-0.4, -0.2) is 82.9 Å². The van der Waals surface area contributed by atoms with Crippen LogP contribution in [0, 0.1) is 0 Å². The molecule has 224 valence electrons. The second kappa shape index (κ2) is 12.1. The number of amides is 2. The van der Waals surface area contributed by atoms with Crippen molar-refractivity contribution in [3.63, 3.8) is 0 Å². The Hall–Kier alpha value is -3.79. The number of carbonyl (C=O) groups is 2. The number of rotatable bonds is 2. The van der Waals surface area contributed by atoms with E-state index in [1.165, 1.54) is 11.1 Å².